The number of nitrogens with zero attached hydrogens (tertiary/aromatic N) is 2. The third kappa shape index (κ3) is 4.08. The Kier molecular flexibility index (Phi) is 4.87. The highest BCUT2D eigenvalue weighted by Crippen LogP contribution is 2.16. The van der Waals surface area contributed by atoms with Crippen LogP contribution in [-0.4, -0.2) is 29.4 Å². The Morgan fingerprint density at radius 3 is 2.77 bits per heavy atom. The lowest BCUT2D eigenvalue weighted by atomic mass is 10.3. The molecule has 9 heteroatoms. The number of benzene rings is 1. The Balaban J connectivity index is 2.06. The van der Waals surface area contributed by atoms with Crippen molar-refractivity contribution in [3.05, 3.63) is 29.1 Å². The number of ether oxygens (including phenoxy) is 1. The molecule has 0 saturated carbocycles. The Labute approximate surface area is 128 Å². The maximum absolute atomic E-state index is 12.0. The molecule has 0 aliphatic heterocycles. The summed E-state index contributed by atoms with van der Waals surface area (Å²) in [6.07, 6.45) is -5.71. The molecule has 1 N–H and O–H groups in total. The second-order valence-corrected chi connectivity index (χ2v) is 5.58. The number of rotatable bonds is 4. The van der Waals surface area contributed by atoms with Crippen LogP contribution in [0.5, 0.6) is 0 Å². The summed E-state index contributed by atoms with van der Waals surface area (Å²) in [4.78, 5) is 12.2. The van der Waals surface area contributed by atoms with Gasteiger partial charge in [-0.05, 0) is 19.1 Å². The summed E-state index contributed by atoms with van der Waals surface area (Å²) < 4.78 is 43.3. The Morgan fingerprint density at radius 2 is 2.14 bits per heavy atom. The van der Waals surface area contributed by atoms with Crippen LogP contribution in [0.2, 0.25) is 0 Å². The molecule has 0 bridgehead atoms. The van der Waals surface area contributed by atoms with Gasteiger partial charge in [0.1, 0.15) is 12.7 Å². The van der Waals surface area contributed by atoms with E-state index >= 15 is 0 Å². The van der Waals surface area contributed by atoms with Gasteiger partial charge in [-0.15, -0.1) is 5.10 Å². The van der Waals surface area contributed by atoms with Gasteiger partial charge in [0.2, 0.25) is 4.80 Å². The van der Waals surface area contributed by atoms with E-state index in [0.29, 0.717) is 4.80 Å². The highest BCUT2D eigenvalue weighted by Gasteiger charge is 2.29. The fraction of sp³-hybridized carbons (Fsp3) is 0.385. The first kappa shape index (κ1) is 16.5. The molecule has 1 aromatic heterocycles. The zero-order valence-corrected chi connectivity index (χ0v) is 12.7. The minimum Gasteiger partial charge on any atom is -0.359 e. The molecule has 1 aromatic carbocycles. The lowest BCUT2D eigenvalue weighted by Gasteiger charge is -2.12. The minimum absolute atomic E-state index is 0.526. The molecule has 0 radical (unpaired) electrons. The third-order valence-corrected chi connectivity index (χ3v) is 3.96. The predicted octanol–water partition coefficient (Wildman–Crippen LogP) is 2.14. The van der Waals surface area contributed by atoms with Gasteiger partial charge in [0, 0.05) is 7.05 Å². The molecule has 0 aliphatic rings. The van der Waals surface area contributed by atoms with Crippen LogP contribution in [-0.2, 0) is 16.6 Å². The zero-order valence-electron chi connectivity index (χ0n) is 11.8. The second-order valence-electron chi connectivity index (χ2n) is 4.57. The molecule has 120 valence electrons. The van der Waals surface area contributed by atoms with Crippen molar-refractivity contribution in [2.45, 2.75) is 19.2 Å². The normalized spacial score (nSPS) is 14.3. The van der Waals surface area contributed by atoms with E-state index in [1.165, 1.54) is 18.3 Å². The highest BCUT2D eigenvalue weighted by atomic mass is 32.1. The monoisotopic (exact) mass is 333 g/mol. The molecule has 5 nitrogen and oxygen atoms in total. The average Bonchev–Trinajstić information content (AvgIpc) is 2.78. The van der Waals surface area contributed by atoms with Crippen LogP contribution in [0.1, 0.15) is 6.92 Å². The molecule has 1 atom stereocenters. The van der Waals surface area contributed by atoms with E-state index in [2.05, 4.69) is 15.3 Å². The van der Waals surface area contributed by atoms with Crippen LogP contribution < -0.4 is 10.2 Å². The van der Waals surface area contributed by atoms with Crippen LogP contribution in [0.25, 0.3) is 10.2 Å². The van der Waals surface area contributed by atoms with E-state index in [4.69, 9.17) is 0 Å². The fourth-order valence-corrected chi connectivity index (χ4v) is 2.66. The summed E-state index contributed by atoms with van der Waals surface area (Å²) in [5.41, 5.74) is 3.17. The minimum atomic E-state index is -4.47. The first-order valence-corrected chi connectivity index (χ1v) is 7.16. The second kappa shape index (κ2) is 6.49. The lowest BCUT2D eigenvalue weighted by molar-refractivity contribution is -0.185. The van der Waals surface area contributed by atoms with Gasteiger partial charge in [-0.3, -0.25) is 4.79 Å². The summed E-state index contributed by atoms with van der Waals surface area (Å²) in [6.45, 7) is -0.236. The van der Waals surface area contributed by atoms with Crippen molar-refractivity contribution < 1.29 is 22.7 Å². The number of hydrogen-bond donors (Lipinski definition) is 1. The van der Waals surface area contributed by atoms with Gasteiger partial charge in [-0.2, -0.15) is 13.2 Å². The van der Waals surface area contributed by atoms with Gasteiger partial charge in [-0.25, -0.2) is 5.43 Å². The molecule has 1 amide bonds. The van der Waals surface area contributed by atoms with Crippen LogP contribution in [0.15, 0.2) is 29.4 Å². The third-order valence-electron chi connectivity index (χ3n) is 2.84. The average molecular weight is 333 g/mol. The van der Waals surface area contributed by atoms with E-state index in [9.17, 15) is 18.0 Å². The molecule has 0 saturated heterocycles. The SMILES string of the molecule is C[C@@H](OCC(F)(F)F)C(=O)N/N=c1\sc2ccccc2n1C. The van der Waals surface area contributed by atoms with Crippen molar-refractivity contribution in [1.82, 2.24) is 9.99 Å². The van der Waals surface area contributed by atoms with E-state index in [0.717, 1.165) is 10.2 Å². The van der Waals surface area contributed by atoms with Gasteiger partial charge >= 0.3 is 6.18 Å². The predicted molar refractivity (Wildman–Crippen MR) is 76.0 cm³/mol. The van der Waals surface area contributed by atoms with Gasteiger partial charge in [0.15, 0.2) is 0 Å². The largest absolute Gasteiger partial charge is 0.411 e. The highest BCUT2D eigenvalue weighted by molar-refractivity contribution is 7.16. The number of fused-ring (bicyclic) bond motifs is 1. The number of para-hydroxylation sites is 1. The van der Waals surface area contributed by atoms with Crippen molar-refractivity contribution in [1.29, 1.82) is 0 Å². The number of halogens is 3. The first-order valence-electron chi connectivity index (χ1n) is 6.34. The molecular weight excluding hydrogens is 319 g/mol. The maximum atomic E-state index is 12.0. The summed E-state index contributed by atoms with van der Waals surface area (Å²) in [7, 11) is 1.79. The number of amides is 1. The van der Waals surface area contributed by atoms with Crippen molar-refractivity contribution in [2.24, 2.45) is 12.1 Å². The van der Waals surface area contributed by atoms with Crippen LogP contribution in [0, 0.1) is 0 Å². The van der Waals surface area contributed by atoms with Crippen LogP contribution >= 0.6 is 11.3 Å². The molecule has 0 spiro atoms. The molecule has 22 heavy (non-hydrogen) atoms. The lowest BCUT2D eigenvalue weighted by Crippen LogP contribution is -2.35. The number of alkyl halides is 3. The van der Waals surface area contributed by atoms with Gasteiger partial charge < -0.3 is 9.30 Å². The summed E-state index contributed by atoms with van der Waals surface area (Å²) >= 11 is 1.36. The Bertz CT molecular complexity index is 736. The first-order chi connectivity index (χ1) is 10.3. The molecule has 0 fully saturated rings. The summed E-state index contributed by atoms with van der Waals surface area (Å²) in [6, 6.07) is 7.58. The molecule has 1 heterocycles. The van der Waals surface area contributed by atoms with Crippen molar-refractivity contribution >= 4 is 27.5 Å². The molecular formula is C13H14F3N3O2S. The summed E-state index contributed by atoms with van der Waals surface area (Å²) in [5.74, 6) is -0.735. The number of thiazole rings is 1. The Morgan fingerprint density at radius 1 is 1.45 bits per heavy atom. The fourth-order valence-electron chi connectivity index (χ4n) is 1.68. The van der Waals surface area contributed by atoms with E-state index in [1.54, 1.807) is 11.6 Å². The number of carbonyl (C=O) groups excluding carboxylic acids is 1. The number of hydrogen-bond acceptors (Lipinski definition) is 4. The van der Waals surface area contributed by atoms with E-state index in [-0.39, 0.29) is 0 Å². The Hall–Kier alpha value is -1.87. The molecule has 0 aliphatic carbocycles. The topological polar surface area (TPSA) is 55.6 Å². The molecule has 2 aromatic rings. The van der Waals surface area contributed by atoms with Gasteiger partial charge in [0.05, 0.1) is 10.2 Å². The van der Waals surface area contributed by atoms with Crippen molar-refractivity contribution in [2.75, 3.05) is 6.61 Å². The quantitative estimate of drug-likeness (QED) is 0.872. The maximum Gasteiger partial charge on any atom is 0.411 e. The van der Waals surface area contributed by atoms with E-state index < -0.39 is 24.8 Å². The standard InChI is InChI=1S/C13H14F3N3O2S/c1-8(21-7-13(14,15)16)11(20)17-18-12-19(2)9-5-3-4-6-10(9)22-12/h3-6,8H,7H2,1-2H3,(H,17,20)/b18-12-/t8-/m1/s1. The van der Waals surface area contributed by atoms with Crippen LogP contribution in [0.4, 0.5) is 13.2 Å². The zero-order chi connectivity index (χ0) is 16.3. The number of aryl methyl sites for hydroxylation is 1. The van der Waals surface area contributed by atoms with Gasteiger partial charge in [-0.1, -0.05) is 23.5 Å². The van der Waals surface area contributed by atoms with E-state index in [1.807, 2.05) is 24.3 Å². The smallest absolute Gasteiger partial charge is 0.359 e. The number of carbonyl (C=O) groups is 1. The summed E-state index contributed by atoms with van der Waals surface area (Å²) in [5, 5.41) is 3.93. The molecule has 0 unspecified atom stereocenters. The van der Waals surface area contributed by atoms with Crippen molar-refractivity contribution in [3.8, 4) is 0 Å². The number of nitrogens with one attached hydrogen (secondary N) is 1. The van der Waals surface area contributed by atoms with Crippen molar-refractivity contribution in [3.63, 3.8) is 0 Å². The van der Waals surface area contributed by atoms with Gasteiger partial charge in [0.25, 0.3) is 5.91 Å². The molecule has 2 rings (SSSR count). The van der Waals surface area contributed by atoms with Crippen LogP contribution in [0.3, 0.4) is 0 Å². The number of aromatic nitrogens is 1.